The normalized spacial score (nSPS) is 10.2. The summed E-state index contributed by atoms with van der Waals surface area (Å²) in [6.07, 6.45) is 4.15. The summed E-state index contributed by atoms with van der Waals surface area (Å²) in [6, 6.07) is 4.06. The maximum absolute atomic E-state index is 8.77. The zero-order chi connectivity index (χ0) is 11.1. The van der Waals surface area contributed by atoms with Crippen LogP contribution in [0.1, 0.15) is 24.1 Å². The van der Waals surface area contributed by atoms with E-state index in [0.717, 1.165) is 38.0 Å². The minimum absolute atomic E-state index is 0.703. The number of nitrogens with zero attached hydrogens (tertiary/aromatic N) is 2. The number of aryl methyl sites for hydroxylation is 1. The summed E-state index contributed by atoms with van der Waals surface area (Å²) in [7, 11) is 1.89. The van der Waals surface area contributed by atoms with Crippen molar-refractivity contribution in [3.05, 3.63) is 23.5 Å². The lowest BCUT2D eigenvalue weighted by atomic mass is 10.3. The molecule has 15 heavy (non-hydrogen) atoms. The summed E-state index contributed by atoms with van der Waals surface area (Å²) in [5.41, 5.74) is 7.25. The molecule has 0 amide bonds. The molecule has 0 saturated carbocycles. The van der Waals surface area contributed by atoms with E-state index in [9.17, 15) is 0 Å². The Morgan fingerprint density at radius 1 is 1.53 bits per heavy atom. The van der Waals surface area contributed by atoms with Crippen molar-refractivity contribution >= 4 is 0 Å². The highest BCUT2D eigenvalue weighted by Crippen LogP contribution is 2.05. The van der Waals surface area contributed by atoms with E-state index in [1.54, 1.807) is 0 Å². The zero-order valence-electron chi connectivity index (χ0n) is 9.16. The molecule has 0 radical (unpaired) electrons. The van der Waals surface area contributed by atoms with Gasteiger partial charge in [0.05, 0.1) is 0 Å². The topological polar surface area (TPSA) is 66.8 Å². The highest BCUT2D eigenvalue weighted by atomic mass is 14.9. The second-order valence-corrected chi connectivity index (χ2v) is 3.63. The van der Waals surface area contributed by atoms with Crippen LogP contribution in [0.4, 0.5) is 0 Å². The summed E-state index contributed by atoms with van der Waals surface area (Å²) >= 11 is 0. The second kappa shape index (κ2) is 6.23. The predicted octanol–water partition coefficient (Wildman–Crippen LogP) is 0.725. The molecule has 0 atom stereocenters. The van der Waals surface area contributed by atoms with Crippen LogP contribution in [0.2, 0.25) is 0 Å². The van der Waals surface area contributed by atoms with Crippen molar-refractivity contribution in [2.75, 3.05) is 13.1 Å². The van der Waals surface area contributed by atoms with Gasteiger partial charge in [0.1, 0.15) is 11.8 Å². The van der Waals surface area contributed by atoms with Gasteiger partial charge in [0, 0.05) is 19.8 Å². The Balaban J connectivity index is 2.29. The molecular weight excluding hydrogens is 188 g/mol. The number of hydrogen-bond donors (Lipinski definition) is 2. The summed E-state index contributed by atoms with van der Waals surface area (Å²) in [6.45, 7) is 2.56. The van der Waals surface area contributed by atoms with Gasteiger partial charge in [0.2, 0.25) is 0 Å². The molecule has 1 heterocycles. The van der Waals surface area contributed by atoms with E-state index in [1.165, 1.54) is 0 Å². The third kappa shape index (κ3) is 3.74. The fourth-order valence-corrected chi connectivity index (χ4v) is 1.47. The number of nitrogens with one attached hydrogen (secondary N) is 1. The molecule has 1 aromatic rings. The van der Waals surface area contributed by atoms with Gasteiger partial charge in [0.25, 0.3) is 0 Å². The molecular formula is C11H18N4. The SMILES string of the molecule is Cn1cc(CNCCCCN)cc1C#N. The largest absolute Gasteiger partial charge is 0.342 e. The number of nitrogens with two attached hydrogens (primary N) is 1. The first-order chi connectivity index (χ1) is 7.27. The van der Waals surface area contributed by atoms with Crippen LogP contribution in [-0.4, -0.2) is 17.7 Å². The molecule has 0 saturated heterocycles. The molecule has 1 rings (SSSR count). The second-order valence-electron chi connectivity index (χ2n) is 3.63. The minimum atomic E-state index is 0.703. The van der Waals surface area contributed by atoms with Crippen LogP contribution in [0.3, 0.4) is 0 Å². The van der Waals surface area contributed by atoms with Crippen LogP contribution >= 0.6 is 0 Å². The van der Waals surface area contributed by atoms with Crippen LogP contribution in [0.15, 0.2) is 12.3 Å². The van der Waals surface area contributed by atoms with Crippen molar-refractivity contribution in [3.8, 4) is 6.07 Å². The van der Waals surface area contributed by atoms with Crippen molar-refractivity contribution in [3.63, 3.8) is 0 Å². The lowest BCUT2D eigenvalue weighted by molar-refractivity contribution is 0.627. The first kappa shape index (κ1) is 11.8. The van der Waals surface area contributed by atoms with E-state index in [0.29, 0.717) is 5.69 Å². The van der Waals surface area contributed by atoms with Crippen LogP contribution in [0, 0.1) is 11.3 Å². The summed E-state index contributed by atoms with van der Waals surface area (Å²) in [5, 5.41) is 12.1. The molecule has 4 nitrogen and oxygen atoms in total. The van der Waals surface area contributed by atoms with Crippen molar-refractivity contribution in [2.45, 2.75) is 19.4 Å². The lowest BCUT2D eigenvalue weighted by Gasteiger charge is -2.01. The van der Waals surface area contributed by atoms with E-state index in [2.05, 4.69) is 11.4 Å². The highest BCUT2D eigenvalue weighted by Gasteiger charge is 2.00. The molecule has 0 aromatic carbocycles. The van der Waals surface area contributed by atoms with Gasteiger partial charge in [-0.1, -0.05) is 0 Å². The molecule has 0 unspecified atom stereocenters. The number of aromatic nitrogens is 1. The van der Waals surface area contributed by atoms with E-state index in [1.807, 2.05) is 23.9 Å². The van der Waals surface area contributed by atoms with Gasteiger partial charge in [-0.05, 0) is 37.6 Å². The maximum Gasteiger partial charge on any atom is 0.120 e. The first-order valence-corrected chi connectivity index (χ1v) is 5.24. The standard InChI is InChI=1S/C11H18N4/c1-15-9-10(6-11(15)7-13)8-14-5-3-2-4-12/h6,9,14H,2-5,8,12H2,1H3. The number of nitriles is 1. The zero-order valence-corrected chi connectivity index (χ0v) is 9.16. The minimum Gasteiger partial charge on any atom is -0.342 e. The first-order valence-electron chi connectivity index (χ1n) is 5.24. The van der Waals surface area contributed by atoms with Gasteiger partial charge < -0.3 is 15.6 Å². The molecule has 4 heteroatoms. The Kier molecular flexibility index (Phi) is 4.88. The van der Waals surface area contributed by atoms with Crippen molar-refractivity contribution < 1.29 is 0 Å². The maximum atomic E-state index is 8.77. The average Bonchev–Trinajstić information content (AvgIpc) is 2.59. The molecule has 0 aliphatic rings. The van der Waals surface area contributed by atoms with Crippen LogP contribution < -0.4 is 11.1 Å². The van der Waals surface area contributed by atoms with Gasteiger partial charge >= 0.3 is 0 Å². The highest BCUT2D eigenvalue weighted by molar-refractivity contribution is 5.28. The van der Waals surface area contributed by atoms with E-state index < -0.39 is 0 Å². The lowest BCUT2D eigenvalue weighted by Crippen LogP contribution is -2.15. The molecule has 0 fully saturated rings. The molecule has 0 spiro atoms. The van der Waals surface area contributed by atoms with Crippen LogP contribution in [0.25, 0.3) is 0 Å². The smallest absolute Gasteiger partial charge is 0.120 e. The Labute approximate surface area is 90.7 Å². The summed E-state index contributed by atoms with van der Waals surface area (Å²) in [4.78, 5) is 0. The number of rotatable bonds is 6. The fraction of sp³-hybridized carbons (Fsp3) is 0.545. The van der Waals surface area contributed by atoms with Crippen molar-refractivity contribution in [1.82, 2.24) is 9.88 Å². The third-order valence-electron chi connectivity index (χ3n) is 2.31. The Morgan fingerprint density at radius 3 is 2.93 bits per heavy atom. The Morgan fingerprint density at radius 2 is 2.33 bits per heavy atom. The van der Waals surface area contributed by atoms with Gasteiger partial charge in [-0.3, -0.25) is 0 Å². The van der Waals surface area contributed by atoms with Gasteiger partial charge in [-0.25, -0.2) is 0 Å². The summed E-state index contributed by atoms with van der Waals surface area (Å²) < 4.78 is 1.84. The van der Waals surface area contributed by atoms with Gasteiger partial charge in [0.15, 0.2) is 0 Å². The molecule has 82 valence electrons. The van der Waals surface area contributed by atoms with E-state index in [-0.39, 0.29) is 0 Å². The fourth-order valence-electron chi connectivity index (χ4n) is 1.47. The van der Waals surface area contributed by atoms with Crippen LogP contribution in [0.5, 0.6) is 0 Å². The third-order valence-corrected chi connectivity index (χ3v) is 2.31. The van der Waals surface area contributed by atoms with Crippen molar-refractivity contribution in [2.24, 2.45) is 12.8 Å². The average molecular weight is 206 g/mol. The predicted molar refractivity (Wildman–Crippen MR) is 60.1 cm³/mol. The molecule has 0 aliphatic heterocycles. The van der Waals surface area contributed by atoms with Gasteiger partial charge in [-0.2, -0.15) is 5.26 Å². The molecule has 0 bridgehead atoms. The van der Waals surface area contributed by atoms with E-state index >= 15 is 0 Å². The quantitative estimate of drug-likeness (QED) is 0.674. The summed E-state index contributed by atoms with van der Waals surface area (Å²) in [5.74, 6) is 0. The van der Waals surface area contributed by atoms with Crippen molar-refractivity contribution in [1.29, 1.82) is 5.26 Å². The Bertz CT molecular complexity index is 335. The number of hydrogen-bond acceptors (Lipinski definition) is 3. The Hall–Kier alpha value is -1.31. The monoisotopic (exact) mass is 206 g/mol. The molecule has 3 N–H and O–H groups in total. The molecule has 1 aromatic heterocycles. The van der Waals surface area contributed by atoms with Gasteiger partial charge in [-0.15, -0.1) is 0 Å². The van der Waals surface area contributed by atoms with E-state index in [4.69, 9.17) is 11.0 Å². The number of unbranched alkanes of at least 4 members (excludes halogenated alkanes) is 1. The molecule has 0 aliphatic carbocycles. The van der Waals surface area contributed by atoms with Crippen LogP contribution in [-0.2, 0) is 13.6 Å².